The van der Waals surface area contributed by atoms with Crippen LogP contribution in [-0.4, -0.2) is 0 Å². The van der Waals surface area contributed by atoms with E-state index in [-0.39, 0.29) is 5.41 Å². The zero-order valence-electron chi connectivity index (χ0n) is 31.7. The first-order chi connectivity index (χ1) is 27.7. The molecule has 0 nitrogen and oxygen atoms in total. The Kier molecular flexibility index (Phi) is 6.43. The number of aryl methyl sites for hydroxylation is 3. The Hall–Kier alpha value is -5.98. The van der Waals surface area contributed by atoms with Crippen molar-refractivity contribution in [1.82, 2.24) is 0 Å². The number of hydrogen-bond acceptors (Lipinski definition) is 0. The smallest absolute Gasteiger partial charge is 0.0215 e. The number of fused-ring (bicyclic) bond motifs is 5. The standard InChI is InChI=1S/C56H42/c1-2-30-56(31-3-1)50-32-42(34-10-12-35(13-11-34)44-24-18-40-16-14-36-6-4-8-38-20-28-48(44)54(40)52(36)38)22-26-46(50)47-27-23-43(33-51(47)56)45-25-19-41-17-15-37-7-5-9-39-21-29-49(45)55(41)53(37)39/h5,7-14,16,18-29,32-33H,1-4,6,15,17,30-31H2. The average Bonchev–Trinajstić information content (AvgIpc) is 3.52. The highest BCUT2D eigenvalue weighted by atomic mass is 14.5. The minimum Gasteiger partial charge on any atom is -0.0763 e. The van der Waals surface area contributed by atoms with Crippen molar-refractivity contribution >= 4 is 49.2 Å². The number of benzene rings is 9. The first-order valence-electron chi connectivity index (χ1n) is 21.1. The molecule has 1 saturated carbocycles. The lowest BCUT2D eigenvalue weighted by molar-refractivity contribution is 0.353. The van der Waals surface area contributed by atoms with Crippen LogP contribution >= 0.6 is 0 Å². The molecule has 0 aromatic heterocycles. The van der Waals surface area contributed by atoms with Gasteiger partial charge < -0.3 is 0 Å². The molecular weight excluding hydrogens is 673 g/mol. The van der Waals surface area contributed by atoms with Crippen LogP contribution in [0.1, 0.15) is 66.3 Å². The van der Waals surface area contributed by atoms with Crippen LogP contribution in [0.15, 0.2) is 140 Å². The maximum absolute atomic E-state index is 2.60. The van der Waals surface area contributed by atoms with Gasteiger partial charge in [-0.05, 0) is 171 Å². The van der Waals surface area contributed by atoms with Gasteiger partial charge in [0.2, 0.25) is 0 Å². The molecular formula is C56H42. The molecule has 0 saturated heterocycles. The van der Waals surface area contributed by atoms with Crippen molar-refractivity contribution in [2.24, 2.45) is 0 Å². The third kappa shape index (κ3) is 4.25. The molecule has 0 heterocycles. The third-order valence-electron chi connectivity index (χ3n) is 14.6. The summed E-state index contributed by atoms with van der Waals surface area (Å²) in [4.78, 5) is 0. The van der Waals surface area contributed by atoms with Crippen molar-refractivity contribution in [2.75, 3.05) is 0 Å². The van der Waals surface area contributed by atoms with E-state index in [1.165, 1.54) is 142 Å². The van der Waals surface area contributed by atoms with E-state index < -0.39 is 0 Å². The molecule has 4 aliphatic rings. The summed E-state index contributed by atoms with van der Waals surface area (Å²) in [5.41, 5.74) is 18.5. The van der Waals surface area contributed by atoms with E-state index in [2.05, 4.69) is 146 Å². The second-order valence-electron chi connectivity index (χ2n) is 17.3. The lowest BCUT2D eigenvalue weighted by atomic mass is 9.67. The molecule has 0 aliphatic heterocycles. The van der Waals surface area contributed by atoms with Crippen LogP contribution in [0.4, 0.5) is 0 Å². The molecule has 56 heavy (non-hydrogen) atoms. The van der Waals surface area contributed by atoms with Gasteiger partial charge in [0.15, 0.2) is 0 Å². The van der Waals surface area contributed by atoms with E-state index in [0.717, 1.165) is 25.7 Å². The van der Waals surface area contributed by atoms with Gasteiger partial charge in [0.05, 0.1) is 0 Å². The summed E-state index contributed by atoms with van der Waals surface area (Å²) in [5, 5.41) is 12.7. The highest BCUT2D eigenvalue weighted by molar-refractivity contribution is 6.17. The zero-order chi connectivity index (χ0) is 36.5. The predicted octanol–water partition coefficient (Wildman–Crippen LogP) is 14.1. The fourth-order valence-corrected chi connectivity index (χ4v) is 11.9. The van der Waals surface area contributed by atoms with Crippen LogP contribution in [0.25, 0.3) is 93.7 Å². The maximum atomic E-state index is 2.60. The molecule has 9 aromatic rings. The Bertz CT molecular complexity index is 3200. The molecule has 0 N–H and O–H groups in total. The van der Waals surface area contributed by atoms with Crippen LogP contribution in [0.2, 0.25) is 0 Å². The Morgan fingerprint density at radius 1 is 0.375 bits per heavy atom. The van der Waals surface area contributed by atoms with Crippen LogP contribution in [0.3, 0.4) is 0 Å². The van der Waals surface area contributed by atoms with E-state index in [9.17, 15) is 0 Å². The third-order valence-corrected chi connectivity index (χ3v) is 14.6. The van der Waals surface area contributed by atoms with Crippen molar-refractivity contribution in [3.05, 3.63) is 173 Å². The predicted molar refractivity (Wildman–Crippen MR) is 237 cm³/mol. The van der Waals surface area contributed by atoms with Gasteiger partial charge in [0, 0.05) is 5.41 Å². The summed E-state index contributed by atoms with van der Waals surface area (Å²) in [5.74, 6) is 0. The van der Waals surface area contributed by atoms with Crippen LogP contribution in [0, 0.1) is 0 Å². The summed E-state index contributed by atoms with van der Waals surface area (Å²) < 4.78 is 0. The largest absolute Gasteiger partial charge is 0.0763 e. The summed E-state index contributed by atoms with van der Waals surface area (Å²) >= 11 is 0. The Labute approximate surface area is 328 Å². The summed E-state index contributed by atoms with van der Waals surface area (Å²) in [6.07, 6.45) is 13.3. The maximum Gasteiger partial charge on any atom is 0.0215 e. The van der Waals surface area contributed by atoms with Gasteiger partial charge >= 0.3 is 0 Å². The van der Waals surface area contributed by atoms with E-state index in [1.807, 2.05) is 0 Å². The van der Waals surface area contributed by atoms with Crippen molar-refractivity contribution in [2.45, 2.75) is 63.2 Å². The van der Waals surface area contributed by atoms with Gasteiger partial charge in [-0.25, -0.2) is 0 Å². The van der Waals surface area contributed by atoms with E-state index in [4.69, 9.17) is 0 Å². The van der Waals surface area contributed by atoms with Gasteiger partial charge in [-0.15, -0.1) is 0 Å². The van der Waals surface area contributed by atoms with Gasteiger partial charge in [-0.3, -0.25) is 0 Å². The molecule has 0 atom stereocenters. The molecule has 0 unspecified atom stereocenters. The number of rotatable bonds is 3. The molecule has 0 heteroatoms. The van der Waals surface area contributed by atoms with Crippen LogP contribution < -0.4 is 5.22 Å². The Morgan fingerprint density at radius 2 is 0.964 bits per heavy atom. The quantitative estimate of drug-likeness (QED) is 0.160. The second-order valence-corrected chi connectivity index (χ2v) is 17.3. The van der Waals surface area contributed by atoms with Gasteiger partial charge in [0.25, 0.3) is 0 Å². The molecule has 9 aromatic carbocycles. The average molecular weight is 715 g/mol. The minimum atomic E-state index is 0.0719. The lowest BCUT2D eigenvalue weighted by Crippen LogP contribution is -2.28. The first-order valence-corrected chi connectivity index (χ1v) is 21.1. The van der Waals surface area contributed by atoms with Gasteiger partial charge in [-0.1, -0.05) is 153 Å². The monoisotopic (exact) mass is 714 g/mol. The summed E-state index contributed by atoms with van der Waals surface area (Å²) in [6.45, 7) is 0. The molecule has 0 bridgehead atoms. The summed E-state index contributed by atoms with van der Waals surface area (Å²) in [7, 11) is 0. The zero-order valence-corrected chi connectivity index (χ0v) is 31.7. The molecule has 13 rings (SSSR count). The lowest BCUT2D eigenvalue weighted by Gasteiger charge is -2.36. The number of hydrogen-bond donors (Lipinski definition) is 0. The highest BCUT2D eigenvalue weighted by Crippen LogP contribution is 2.57. The van der Waals surface area contributed by atoms with Crippen molar-refractivity contribution in [3.8, 4) is 44.5 Å². The van der Waals surface area contributed by atoms with Crippen molar-refractivity contribution in [3.63, 3.8) is 0 Å². The highest BCUT2D eigenvalue weighted by Gasteiger charge is 2.44. The topological polar surface area (TPSA) is 0 Å². The normalized spacial score (nSPS) is 16.2. The van der Waals surface area contributed by atoms with Gasteiger partial charge in [-0.2, -0.15) is 0 Å². The Morgan fingerprint density at radius 3 is 1.82 bits per heavy atom. The first kappa shape index (κ1) is 31.2. The second kappa shape index (κ2) is 11.5. The Balaban J connectivity index is 0.905. The van der Waals surface area contributed by atoms with Crippen molar-refractivity contribution in [1.29, 1.82) is 0 Å². The molecule has 1 spiro atoms. The molecule has 266 valence electrons. The fourth-order valence-electron chi connectivity index (χ4n) is 11.9. The van der Waals surface area contributed by atoms with E-state index >= 15 is 0 Å². The van der Waals surface area contributed by atoms with Gasteiger partial charge in [0.1, 0.15) is 0 Å². The van der Waals surface area contributed by atoms with Crippen LogP contribution in [0.5, 0.6) is 0 Å². The van der Waals surface area contributed by atoms with Crippen molar-refractivity contribution < 1.29 is 0 Å². The molecule has 1 fully saturated rings. The minimum absolute atomic E-state index is 0.0719. The molecule has 4 aliphatic carbocycles. The SMILES string of the molecule is C1=c2ccc3c(-c4ccc(-c5ccc6c(c5)C5(CCCCC5)c5cc(-c7ccc8c9c7ccc7cccc(c79)CC8)ccc5-6)cc4)ccc4ccc(c2c43)CC1. The van der Waals surface area contributed by atoms with E-state index in [0.29, 0.717) is 0 Å². The molecule has 0 radical (unpaired) electrons. The molecule has 0 amide bonds. The summed E-state index contributed by atoms with van der Waals surface area (Å²) in [6, 6.07) is 54.8. The van der Waals surface area contributed by atoms with E-state index in [1.54, 1.807) is 11.1 Å². The van der Waals surface area contributed by atoms with Crippen LogP contribution in [-0.2, 0) is 24.7 Å². The fraction of sp³-hybridized carbons (Fsp3) is 0.179.